The van der Waals surface area contributed by atoms with Crippen molar-refractivity contribution in [2.45, 2.75) is 65.3 Å². The van der Waals surface area contributed by atoms with E-state index in [-0.39, 0.29) is 10.6 Å². The van der Waals surface area contributed by atoms with Crippen LogP contribution in [0.1, 0.15) is 41.5 Å². The summed E-state index contributed by atoms with van der Waals surface area (Å²) in [6.45, 7) is 17.2. The predicted octanol–water partition coefficient (Wildman–Crippen LogP) is 5.06. The maximum absolute atomic E-state index is 6.10. The highest BCUT2D eigenvalue weighted by Gasteiger charge is 2.40. The molecule has 96 valence electrons. The molecule has 0 aromatic rings. The molecule has 0 atom stereocenters. The smallest absolute Gasteiger partial charge is 0.272 e. The monoisotopic (exact) mass is 356 g/mol. The average Bonchev–Trinajstić information content (AvgIpc) is 1.97. The van der Waals surface area contributed by atoms with Gasteiger partial charge in [0.2, 0.25) is 0 Å². The Hall–Kier alpha value is 0.287. The van der Waals surface area contributed by atoms with Gasteiger partial charge in [-0.2, -0.15) is 0 Å². The van der Waals surface area contributed by atoms with Crippen LogP contribution in [0.25, 0.3) is 0 Å². The van der Waals surface area contributed by atoms with Crippen molar-refractivity contribution in [1.82, 2.24) is 0 Å². The molecule has 4 heteroatoms. The van der Waals surface area contributed by atoms with Gasteiger partial charge in [-0.15, -0.1) is 0 Å². The topological polar surface area (TPSA) is 18.5 Å². The SMILES string of the molecule is CC(C)(C)OC(=CI)O[Si](C)(C)C(C)(C)C. The second-order valence-corrected chi connectivity index (χ2v) is 11.9. The average molecular weight is 356 g/mol. The zero-order valence-electron chi connectivity index (χ0n) is 11.8. The molecule has 0 aliphatic rings. The Kier molecular flexibility index (Phi) is 5.38. The molecular weight excluding hydrogens is 331 g/mol. The first-order valence-corrected chi connectivity index (χ1v) is 9.73. The molecule has 0 fully saturated rings. The lowest BCUT2D eigenvalue weighted by molar-refractivity contribution is -0.00899. The van der Waals surface area contributed by atoms with Gasteiger partial charge in [-0.05, 0) is 61.5 Å². The molecule has 0 bridgehead atoms. The number of hydrogen-bond donors (Lipinski definition) is 0. The normalized spacial score (nSPS) is 14.9. The van der Waals surface area contributed by atoms with Crippen LogP contribution in [-0.4, -0.2) is 13.9 Å². The van der Waals surface area contributed by atoms with Gasteiger partial charge in [-0.3, -0.25) is 0 Å². The van der Waals surface area contributed by atoms with Gasteiger partial charge in [0.15, 0.2) is 0 Å². The molecular formula is C12H25IO2Si. The summed E-state index contributed by atoms with van der Waals surface area (Å²) in [5.74, 6) is 0.652. The molecule has 0 N–H and O–H groups in total. The highest BCUT2D eigenvalue weighted by atomic mass is 127. The van der Waals surface area contributed by atoms with Gasteiger partial charge in [-0.1, -0.05) is 20.8 Å². The van der Waals surface area contributed by atoms with Crippen molar-refractivity contribution in [3.05, 3.63) is 10.0 Å². The third kappa shape index (κ3) is 5.57. The van der Waals surface area contributed by atoms with E-state index in [2.05, 4.69) is 56.5 Å². The first-order chi connectivity index (χ1) is 6.89. The molecule has 2 nitrogen and oxygen atoms in total. The summed E-state index contributed by atoms with van der Waals surface area (Å²) in [5, 5.41) is 0.194. The van der Waals surface area contributed by atoms with Crippen LogP contribution in [0, 0.1) is 0 Å². The van der Waals surface area contributed by atoms with E-state index in [9.17, 15) is 0 Å². The van der Waals surface area contributed by atoms with Crippen LogP contribution in [0.2, 0.25) is 18.1 Å². The molecule has 0 rings (SSSR count). The van der Waals surface area contributed by atoms with Crippen molar-refractivity contribution in [1.29, 1.82) is 0 Å². The molecule has 0 aliphatic heterocycles. The van der Waals surface area contributed by atoms with E-state index in [0.717, 1.165) is 0 Å². The van der Waals surface area contributed by atoms with E-state index < -0.39 is 8.32 Å². The van der Waals surface area contributed by atoms with Crippen LogP contribution in [0.3, 0.4) is 0 Å². The van der Waals surface area contributed by atoms with Gasteiger partial charge in [0.1, 0.15) is 5.60 Å². The maximum atomic E-state index is 6.10. The van der Waals surface area contributed by atoms with Crippen molar-refractivity contribution < 1.29 is 9.16 Å². The highest BCUT2D eigenvalue weighted by molar-refractivity contribution is 14.1. The molecule has 0 saturated heterocycles. The summed E-state index contributed by atoms with van der Waals surface area (Å²) in [4.78, 5) is 0. The summed E-state index contributed by atoms with van der Waals surface area (Å²) in [6.07, 6.45) is 0. The number of hydrogen-bond acceptors (Lipinski definition) is 2. The molecule has 0 radical (unpaired) electrons. The van der Waals surface area contributed by atoms with E-state index in [0.29, 0.717) is 5.95 Å². The van der Waals surface area contributed by atoms with Gasteiger partial charge in [-0.25, -0.2) is 0 Å². The van der Waals surface area contributed by atoms with Crippen LogP contribution < -0.4 is 0 Å². The summed E-state index contributed by atoms with van der Waals surface area (Å²) < 4.78 is 13.8. The molecule has 0 amide bonds. The second kappa shape index (κ2) is 5.29. The molecule has 0 aromatic heterocycles. The van der Waals surface area contributed by atoms with Crippen molar-refractivity contribution in [2.75, 3.05) is 0 Å². The fourth-order valence-electron chi connectivity index (χ4n) is 0.772. The third-order valence-corrected chi connectivity index (χ3v) is 7.49. The van der Waals surface area contributed by atoms with Crippen LogP contribution in [0.5, 0.6) is 0 Å². The van der Waals surface area contributed by atoms with E-state index in [1.54, 1.807) is 0 Å². The fraction of sp³-hybridized carbons (Fsp3) is 0.833. The van der Waals surface area contributed by atoms with E-state index in [1.165, 1.54) is 0 Å². The molecule has 0 saturated carbocycles. The molecule has 0 spiro atoms. The number of ether oxygens (including phenoxy) is 1. The Labute approximate surface area is 115 Å². The maximum Gasteiger partial charge on any atom is 0.272 e. The van der Waals surface area contributed by atoms with E-state index >= 15 is 0 Å². The van der Waals surface area contributed by atoms with Gasteiger partial charge in [0.25, 0.3) is 14.3 Å². The second-order valence-electron chi connectivity index (χ2n) is 6.50. The van der Waals surface area contributed by atoms with Crippen LogP contribution in [0.4, 0.5) is 0 Å². The lowest BCUT2D eigenvalue weighted by atomic mass is 10.2. The minimum Gasteiger partial charge on any atom is -0.519 e. The largest absolute Gasteiger partial charge is 0.519 e. The molecule has 16 heavy (non-hydrogen) atoms. The van der Waals surface area contributed by atoms with E-state index in [4.69, 9.17) is 9.16 Å². The molecule has 0 heterocycles. The van der Waals surface area contributed by atoms with Crippen molar-refractivity contribution in [3.8, 4) is 0 Å². The van der Waals surface area contributed by atoms with Crippen LogP contribution in [-0.2, 0) is 9.16 Å². The van der Waals surface area contributed by atoms with Crippen molar-refractivity contribution >= 4 is 30.9 Å². The Morgan fingerprint density at radius 3 is 1.75 bits per heavy atom. The Balaban J connectivity index is 4.70. The first kappa shape index (κ1) is 16.3. The minimum absolute atomic E-state index is 0.194. The van der Waals surface area contributed by atoms with Gasteiger partial charge < -0.3 is 9.16 Å². The lowest BCUT2D eigenvalue weighted by Crippen LogP contribution is -2.41. The van der Waals surface area contributed by atoms with Gasteiger partial charge in [0.05, 0.1) is 4.08 Å². The Bertz CT molecular complexity index is 259. The fourth-order valence-corrected chi connectivity index (χ4v) is 2.18. The van der Waals surface area contributed by atoms with Gasteiger partial charge in [0, 0.05) is 0 Å². The standard InChI is InChI=1S/C12H25IO2Si/c1-11(2,3)14-10(9-13)15-16(7,8)12(4,5)6/h9H,1-8H3. The molecule has 0 aromatic carbocycles. The number of rotatable bonds is 3. The summed E-state index contributed by atoms with van der Waals surface area (Å²) in [6, 6.07) is 0. The van der Waals surface area contributed by atoms with E-state index in [1.807, 2.05) is 24.9 Å². The summed E-state index contributed by atoms with van der Waals surface area (Å²) in [7, 11) is -1.79. The quantitative estimate of drug-likeness (QED) is 0.400. The highest BCUT2D eigenvalue weighted by Crippen LogP contribution is 2.38. The zero-order chi connectivity index (χ0) is 13.2. The number of halogens is 1. The van der Waals surface area contributed by atoms with Crippen molar-refractivity contribution in [3.63, 3.8) is 0 Å². The van der Waals surface area contributed by atoms with Crippen molar-refractivity contribution in [2.24, 2.45) is 0 Å². The summed E-state index contributed by atoms with van der Waals surface area (Å²) >= 11 is 2.17. The molecule has 0 unspecified atom stereocenters. The lowest BCUT2D eigenvalue weighted by Gasteiger charge is -2.38. The van der Waals surface area contributed by atoms with Crippen LogP contribution in [0.15, 0.2) is 10.0 Å². The predicted molar refractivity (Wildman–Crippen MR) is 81.2 cm³/mol. The minimum atomic E-state index is -1.79. The third-order valence-electron chi connectivity index (χ3n) is 2.66. The van der Waals surface area contributed by atoms with Gasteiger partial charge >= 0.3 is 0 Å². The summed E-state index contributed by atoms with van der Waals surface area (Å²) in [5.41, 5.74) is -0.209. The Morgan fingerprint density at radius 2 is 1.50 bits per heavy atom. The van der Waals surface area contributed by atoms with Crippen LogP contribution >= 0.6 is 22.6 Å². The zero-order valence-corrected chi connectivity index (χ0v) is 14.9. The molecule has 0 aliphatic carbocycles. The Morgan fingerprint density at radius 1 is 1.06 bits per heavy atom. The first-order valence-electron chi connectivity index (χ1n) is 5.57.